The lowest BCUT2D eigenvalue weighted by atomic mass is 9.81. The van der Waals surface area contributed by atoms with Crippen LogP contribution >= 0.6 is 22.6 Å². The Bertz CT molecular complexity index is 1250. The molecule has 0 aromatic heterocycles. The van der Waals surface area contributed by atoms with Crippen molar-refractivity contribution in [1.82, 2.24) is 4.90 Å². The largest absolute Gasteiger partial charge is 0.482 e. The van der Waals surface area contributed by atoms with Gasteiger partial charge < -0.3 is 27.5 Å². The molecule has 0 spiro atoms. The molecule has 1 heterocycles. The Balaban J connectivity index is 1.22. The fraction of sp³-hybridized carbons (Fsp3) is 0.296. The number of amides is 1. The fourth-order valence-corrected chi connectivity index (χ4v) is 5.92. The molecule has 0 atom stereocenters. The van der Waals surface area contributed by atoms with Crippen LogP contribution in [0.25, 0.3) is 11.1 Å². The van der Waals surface area contributed by atoms with Crippen molar-refractivity contribution in [3.05, 3.63) is 86.5 Å². The van der Waals surface area contributed by atoms with E-state index in [0.29, 0.717) is 26.2 Å². The van der Waals surface area contributed by atoms with Gasteiger partial charge in [-0.3, -0.25) is 0 Å². The van der Waals surface area contributed by atoms with Gasteiger partial charge in [-0.2, -0.15) is 0 Å². The molecule has 9 heteroatoms. The average Bonchev–Trinajstić information content (AvgIpc) is 3.17. The van der Waals surface area contributed by atoms with Crippen LogP contribution in [-0.2, 0) is 11.1 Å². The maximum absolute atomic E-state index is 13.0. The van der Waals surface area contributed by atoms with Crippen molar-refractivity contribution in [1.29, 1.82) is 0 Å². The van der Waals surface area contributed by atoms with Crippen molar-refractivity contribution in [2.24, 2.45) is 0 Å². The van der Waals surface area contributed by atoms with E-state index >= 15 is 0 Å². The Morgan fingerprint density at radius 3 is 2.14 bits per heavy atom. The van der Waals surface area contributed by atoms with Crippen LogP contribution in [-0.4, -0.2) is 50.8 Å². The van der Waals surface area contributed by atoms with Gasteiger partial charge in [0.15, 0.2) is 0 Å². The molecule has 1 amide bonds. The molecule has 1 aliphatic carbocycles. The number of carbonyl (C=O) groups excluding carboxylic acids is 1. The van der Waals surface area contributed by atoms with E-state index in [1.165, 1.54) is 22.3 Å². The molecular weight excluding hydrogens is 579 g/mol. The Morgan fingerprint density at radius 2 is 1.56 bits per heavy atom. The second-order valence-corrected chi connectivity index (χ2v) is 10.6. The number of piperazine rings is 1. The van der Waals surface area contributed by atoms with Crippen LogP contribution in [0.1, 0.15) is 28.2 Å². The summed E-state index contributed by atoms with van der Waals surface area (Å²) in [6.07, 6.45) is -1.24. The topological polar surface area (TPSA) is 32.8 Å². The number of rotatable bonds is 5. The predicted molar refractivity (Wildman–Crippen MR) is 146 cm³/mol. The molecule has 3 aromatic rings. The van der Waals surface area contributed by atoms with Gasteiger partial charge in [0.05, 0.1) is 0 Å². The van der Waals surface area contributed by atoms with Gasteiger partial charge in [0.1, 0.15) is 6.61 Å². The molecule has 36 heavy (non-hydrogen) atoms. The fourth-order valence-electron chi connectivity index (χ4n) is 5.25. The van der Waals surface area contributed by atoms with Gasteiger partial charge in [0.25, 0.3) is 0 Å². The zero-order chi connectivity index (χ0) is 25.4. The first-order chi connectivity index (χ1) is 17.2. The summed E-state index contributed by atoms with van der Waals surface area (Å²) in [5.74, 6) is 0.00494. The Morgan fingerprint density at radius 1 is 0.972 bits per heavy atom. The van der Waals surface area contributed by atoms with Crippen LogP contribution in [0.15, 0.2) is 60.7 Å². The molecule has 0 radical (unpaired) electrons. The van der Waals surface area contributed by atoms with Crippen molar-refractivity contribution < 1.29 is 22.5 Å². The third-order valence-corrected chi connectivity index (χ3v) is 8.18. The van der Waals surface area contributed by atoms with Crippen LogP contribution in [0.5, 0.6) is 0 Å². The van der Waals surface area contributed by atoms with Gasteiger partial charge in [-0.15, -0.1) is 0 Å². The van der Waals surface area contributed by atoms with Crippen LogP contribution in [0, 0.1) is 10.5 Å². The summed E-state index contributed by atoms with van der Waals surface area (Å²) in [5, 5.41) is 0. The zero-order valence-corrected chi connectivity index (χ0v) is 22.1. The number of nitrogens with zero attached hydrogens (tertiary/aromatic N) is 2. The van der Waals surface area contributed by atoms with Gasteiger partial charge in [0.2, 0.25) is 0 Å². The highest BCUT2D eigenvalue weighted by Gasteiger charge is 2.31. The molecule has 3 aromatic carbocycles. The van der Waals surface area contributed by atoms with Gasteiger partial charge in [-0.05, 0) is 69.5 Å². The van der Waals surface area contributed by atoms with Crippen molar-refractivity contribution >= 4 is 41.3 Å². The minimum atomic E-state index is -4.90. The Hall–Kier alpha value is -2.69. The van der Waals surface area contributed by atoms with Crippen LogP contribution in [0.3, 0.4) is 0 Å². The van der Waals surface area contributed by atoms with E-state index in [1.54, 1.807) is 17.0 Å². The lowest BCUT2D eigenvalue weighted by Crippen LogP contribution is -2.49. The number of anilines is 1. The van der Waals surface area contributed by atoms with Crippen molar-refractivity contribution in [3.8, 4) is 11.1 Å². The summed E-state index contributed by atoms with van der Waals surface area (Å²) < 4.78 is 45.7. The van der Waals surface area contributed by atoms with Crippen LogP contribution < -0.4 is 4.90 Å². The highest BCUT2D eigenvalue weighted by Crippen LogP contribution is 2.44. The molecule has 1 saturated heterocycles. The number of carbonyl (C=O) groups is 1. The molecule has 188 valence electrons. The van der Waals surface area contributed by atoms with E-state index in [2.05, 4.69) is 51.8 Å². The van der Waals surface area contributed by atoms with E-state index in [9.17, 15) is 17.7 Å². The maximum Gasteiger partial charge on any atom is 0.482 e. The second-order valence-electron chi connectivity index (χ2n) is 9.41. The zero-order valence-electron chi connectivity index (χ0n) is 19.9. The Kier molecular flexibility index (Phi) is 6.93. The first-order valence-corrected chi connectivity index (χ1v) is 13.1. The Labute approximate surface area is 222 Å². The molecular formula is C27H26BF3IN2O2-. The van der Waals surface area contributed by atoms with Gasteiger partial charge in [-0.1, -0.05) is 60.4 Å². The summed E-state index contributed by atoms with van der Waals surface area (Å²) in [6.45, 7) is -0.699. The van der Waals surface area contributed by atoms with Crippen molar-refractivity contribution in [2.75, 3.05) is 37.7 Å². The predicted octanol–water partition coefficient (Wildman–Crippen LogP) is 6.60. The smallest absolute Gasteiger partial charge is 0.449 e. The van der Waals surface area contributed by atoms with Crippen molar-refractivity contribution in [2.45, 2.75) is 19.2 Å². The summed E-state index contributed by atoms with van der Waals surface area (Å²) >= 11 is 2.10. The third kappa shape index (κ3) is 5.07. The minimum absolute atomic E-state index is 0.00494. The molecule has 1 fully saturated rings. The lowest BCUT2D eigenvalue weighted by Gasteiger charge is -2.37. The molecule has 0 saturated carbocycles. The number of benzene rings is 3. The van der Waals surface area contributed by atoms with Gasteiger partial charge >= 0.3 is 13.1 Å². The molecule has 1 aliphatic heterocycles. The van der Waals surface area contributed by atoms with E-state index in [1.807, 2.05) is 31.2 Å². The molecule has 4 nitrogen and oxygen atoms in total. The molecule has 5 rings (SSSR count). The summed E-state index contributed by atoms with van der Waals surface area (Å²) in [5.41, 5.74) is 6.76. The number of fused-ring (bicyclic) bond motifs is 3. The first-order valence-electron chi connectivity index (χ1n) is 12.1. The third-order valence-electron chi connectivity index (χ3n) is 7.06. The molecule has 0 unspecified atom stereocenters. The average molecular weight is 605 g/mol. The molecule has 0 N–H and O–H groups in total. The van der Waals surface area contributed by atoms with E-state index in [4.69, 9.17) is 4.74 Å². The first kappa shape index (κ1) is 25.0. The van der Waals surface area contributed by atoms with Crippen LogP contribution in [0.4, 0.5) is 23.4 Å². The number of ether oxygens (including phenoxy) is 1. The van der Waals surface area contributed by atoms with Crippen LogP contribution in [0.2, 0.25) is 0 Å². The highest BCUT2D eigenvalue weighted by atomic mass is 127. The minimum Gasteiger partial charge on any atom is -0.449 e. The standard InChI is InChI=1S/C27H26BF3IN2O2/c1-18-25(32)14-19(16-28(29,30)31)15-26(18)33-10-12-34(13-11-33)27(35)36-17-24-22-8-4-2-6-20(22)21-7-3-5-9-23(21)24/h2-9,14-15,24H,10-13,16-17H2,1H3/q-1. The van der Waals surface area contributed by atoms with E-state index < -0.39 is 13.3 Å². The summed E-state index contributed by atoms with van der Waals surface area (Å²) in [4.78, 5) is 16.7. The van der Waals surface area contributed by atoms with Gasteiger partial charge in [0, 0.05) is 41.4 Å². The SMILES string of the molecule is Cc1c(I)cc(C[B-](F)(F)F)cc1N1CCN(C(=O)OCC2c3ccccc3-c3ccccc32)CC1. The van der Waals surface area contributed by atoms with E-state index in [0.717, 1.165) is 14.8 Å². The van der Waals surface area contributed by atoms with Crippen molar-refractivity contribution in [3.63, 3.8) is 0 Å². The monoisotopic (exact) mass is 605 g/mol. The quantitative estimate of drug-likeness (QED) is 0.243. The number of hydrogen-bond donors (Lipinski definition) is 0. The second kappa shape index (κ2) is 9.99. The normalized spacial score (nSPS) is 15.6. The summed E-state index contributed by atoms with van der Waals surface area (Å²) in [6, 6.07) is 19.7. The molecule has 2 aliphatic rings. The van der Waals surface area contributed by atoms with Gasteiger partial charge in [-0.25, -0.2) is 4.79 Å². The number of hydrogen-bond acceptors (Lipinski definition) is 3. The highest BCUT2D eigenvalue weighted by molar-refractivity contribution is 14.1. The summed E-state index contributed by atoms with van der Waals surface area (Å²) in [7, 11) is 0. The maximum atomic E-state index is 13.0. The van der Waals surface area contributed by atoms with E-state index in [-0.39, 0.29) is 24.2 Å². The lowest BCUT2D eigenvalue weighted by molar-refractivity contribution is 0.0976. The molecule has 0 bridgehead atoms. The number of halogens is 4.